The van der Waals surface area contributed by atoms with Crippen LogP contribution in [0.15, 0.2) is 0 Å². The summed E-state index contributed by atoms with van der Waals surface area (Å²) < 4.78 is 0. The lowest BCUT2D eigenvalue weighted by molar-refractivity contribution is 0.215. The van der Waals surface area contributed by atoms with Gasteiger partial charge in [0, 0.05) is 0 Å². The minimum atomic E-state index is 0.222. The van der Waals surface area contributed by atoms with E-state index in [1.165, 1.54) is 25.9 Å². The van der Waals surface area contributed by atoms with Gasteiger partial charge in [-0.05, 0) is 52.4 Å². The molecule has 74 valence electrons. The van der Waals surface area contributed by atoms with Crippen LogP contribution in [0.4, 0.5) is 0 Å². The third-order valence-corrected chi connectivity index (χ3v) is 2.80. The largest absolute Gasteiger partial charge is 0.306 e. The zero-order valence-corrected chi connectivity index (χ0v) is 8.71. The second kappa shape index (κ2) is 5.26. The van der Waals surface area contributed by atoms with E-state index in [0.29, 0.717) is 0 Å². The van der Waals surface area contributed by atoms with Gasteiger partial charge in [0.25, 0.3) is 0 Å². The summed E-state index contributed by atoms with van der Waals surface area (Å²) in [5, 5.41) is 3.36. The second-order valence-corrected chi connectivity index (χ2v) is 4.04. The van der Waals surface area contributed by atoms with Gasteiger partial charge in [-0.15, -0.1) is 6.42 Å². The standard InChI is InChI=1S/C11H20N2/c1-4-10(2)12-9-11-5-7-13(3)8-6-11/h1,10-12H,5-9H2,2-3H3. The zero-order chi connectivity index (χ0) is 9.68. The summed E-state index contributed by atoms with van der Waals surface area (Å²) in [5.74, 6) is 3.52. The highest BCUT2D eigenvalue weighted by molar-refractivity contribution is 4.95. The fourth-order valence-corrected chi connectivity index (χ4v) is 1.67. The number of hydrogen-bond donors (Lipinski definition) is 1. The van der Waals surface area contributed by atoms with Gasteiger partial charge >= 0.3 is 0 Å². The Bertz CT molecular complexity index is 175. The average Bonchev–Trinajstić information content (AvgIpc) is 2.16. The summed E-state index contributed by atoms with van der Waals surface area (Å²) >= 11 is 0. The van der Waals surface area contributed by atoms with Crippen LogP contribution in [0.3, 0.4) is 0 Å². The molecule has 0 aromatic heterocycles. The minimum absolute atomic E-state index is 0.222. The molecule has 0 saturated carbocycles. The Morgan fingerprint density at radius 3 is 2.69 bits per heavy atom. The summed E-state index contributed by atoms with van der Waals surface area (Å²) in [6.07, 6.45) is 7.90. The molecule has 1 heterocycles. The smallest absolute Gasteiger partial charge is 0.0658 e. The lowest BCUT2D eigenvalue weighted by Crippen LogP contribution is -2.37. The van der Waals surface area contributed by atoms with Crippen molar-refractivity contribution in [2.45, 2.75) is 25.8 Å². The van der Waals surface area contributed by atoms with Gasteiger partial charge in [0.2, 0.25) is 0 Å². The Labute approximate surface area is 81.7 Å². The van der Waals surface area contributed by atoms with E-state index < -0.39 is 0 Å². The van der Waals surface area contributed by atoms with Gasteiger partial charge in [0.1, 0.15) is 0 Å². The maximum absolute atomic E-state index is 5.29. The van der Waals surface area contributed by atoms with Crippen molar-refractivity contribution >= 4 is 0 Å². The number of terminal acetylenes is 1. The highest BCUT2D eigenvalue weighted by Crippen LogP contribution is 2.14. The molecule has 1 atom stereocenters. The van der Waals surface area contributed by atoms with E-state index in [-0.39, 0.29) is 6.04 Å². The Morgan fingerprint density at radius 2 is 2.15 bits per heavy atom. The lowest BCUT2D eigenvalue weighted by Gasteiger charge is -2.29. The molecule has 1 fully saturated rings. The van der Waals surface area contributed by atoms with Crippen molar-refractivity contribution in [2.24, 2.45) is 5.92 Å². The monoisotopic (exact) mass is 180 g/mol. The quantitative estimate of drug-likeness (QED) is 0.650. The third-order valence-electron chi connectivity index (χ3n) is 2.80. The highest BCUT2D eigenvalue weighted by Gasteiger charge is 2.16. The fourth-order valence-electron chi connectivity index (χ4n) is 1.67. The summed E-state index contributed by atoms with van der Waals surface area (Å²) in [6, 6.07) is 0.222. The van der Waals surface area contributed by atoms with Crippen molar-refractivity contribution in [2.75, 3.05) is 26.7 Å². The molecular weight excluding hydrogens is 160 g/mol. The predicted molar refractivity (Wildman–Crippen MR) is 56.5 cm³/mol. The van der Waals surface area contributed by atoms with Gasteiger partial charge < -0.3 is 10.2 Å². The average molecular weight is 180 g/mol. The van der Waals surface area contributed by atoms with E-state index in [0.717, 1.165) is 12.5 Å². The molecule has 1 rings (SSSR count). The molecule has 0 aromatic rings. The van der Waals surface area contributed by atoms with Crippen LogP contribution in [0.5, 0.6) is 0 Å². The molecular formula is C11H20N2. The summed E-state index contributed by atoms with van der Waals surface area (Å²) in [6.45, 7) is 5.59. The number of hydrogen-bond acceptors (Lipinski definition) is 2. The first-order valence-corrected chi connectivity index (χ1v) is 5.10. The Balaban J connectivity index is 2.13. The van der Waals surface area contributed by atoms with Crippen molar-refractivity contribution in [1.29, 1.82) is 0 Å². The van der Waals surface area contributed by atoms with Crippen molar-refractivity contribution in [3.63, 3.8) is 0 Å². The minimum Gasteiger partial charge on any atom is -0.306 e. The van der Waals surface area contributed by atoms with E-state index in [9.17, 15) is 0 Å². The van der Waals surface area contributed by atoms with E-state index in [1.807, 2.05) is 6.92 Å². The zero-order valence-electron chi connectivity index (χ0n) is 8.71. The molecule has 0 aliphatic carbocycles. The molecule has 2 nitrogen and oxygen atoms in total. The molecule has 0 amide bonds. The van der Waals surface area contributed by atoms with Crippen LogP contribution in [0.25, 0.3) is 0 Å². The van der Waals surface area contributed by atoms with E-state index in [1.54, 1.807) is 0 Å². The number of likely N-dealkylation sites (tertiary alicyclic amines) is 1. The second-order valence-electron chi connectivity index (χ2n) is 4.04. The van der Waals surface area contributed by atoms with Crippen LogP contribution in [0.2, 0.25) is 0 Å². The number of nitrogens with one attached hydrogen (secondary N) is 1. The molecule has 13 heavy (non-hydrogen) atoms. The van der Waals surface area contributed by atoms with Crippen molar-refractivity contribution < 1.29 is 0 Å². The van der Waals surface area contributed by atoms with Crippen molar-refractivity contribution in [3.05, 3.63) is 0 Å². The molecule has 0 radical (unpaired) electrons. The van der Waals surface area contributed by atoms with Crippen LogP contribution in [0.1, 0.15) is 19.8 Å². The van der Waals surface area contributed by atoms with Gasteiger partial charge in [-0.2, -0.15) is 0 Å². The van der Waals surface area contributed by atoms with E-state index in [4.69, 9.17) is 6.42 Å². The molecule has 2 heteroatoms. The first kappa shape index (κ1) is 10.6. The SMILES string of the molecule is C#CC(C)NCC1CCN(C)CC1. The molecule has 0 bridgehead atoms. The van der Waals surface area contributed by atoms with Crippen LogP contribution >= 0.6 is 0 Å². The van der Waals surface area contributed by atoms with Crippen LogP contribution in [0, 0.1) is 18.3 Å². The van der Waals surface area contributed by atoms with Gasteiger partial charge in [0.15, 0.2) is 0 Å². The van der Waals surface area contributed by atoms with Gasteiger partial charge in [-0.25, -0.2) is 0 Å². The maximum atomic E-state index is 5.29. The molecule has 1 unspecified atom stereocenters. The maximum Gasteiger partial charge on any atom is 0.0658 e. The van der Waals surface area contributed by atoms with Crippen LogP contribution < -0.4 is 5.32 Å². The van der Waals surface area contributed by atoms with Gasteiger partial charge in [-0.1, -0.05) is 5.92 Å². The Morgan fingerprint density at radius 1 is 1.54 bits per heavy atom. The lowest BCUT2D eigenvalue weighted by atomic mass is 9.97. The first-order chi connectivity index (χ1) is 6.22. The van der Waals surface area contributed by atoms with E-state index in [2.05, 4.69) is 23.2 Å². The van der Waals surface area contributed by atoms with Crippen LogP contribution in [-0.2, 0) is 0 Å². The third kappa shape index (κ3) is 3.80. The predicted octanol–water partition coefficient (Wildman–Crippen LogP) is 0.940. The number of nitrogens with zero attached hydrogens (tertiary/aromatic N) is 1. The normalized spacial score (nSPS) is 22.5. The fraction of sp³-hybridized carbons (Fsp3) is 0.818. The highest BCUT2D eigenvalue weighted by atomic mass is 15.1. The Kier molecular flexibility index (Phi) is 4.27. The molecule has 1 aliphatic heterocycles. The van der Waals surface area contributed by atoms with Crippen molar-refractivity contribution in [3.8, 4) is 12.3 Å². The summed E-state index contributed by atoms with van der Waals surface area (Å²) in [4.78, 5) is 2.39. The molecule has 1 saturated heterocycles. The van der Waals surface area contributed by atoms with E-state index >= 15 is 0 Å². The summed E-state index contributed by atoms with van der Waals surface area (Å²) in [5.41, 5.74) is 0. The summed E-state index contributed by atoms with van der Waals surface area (Å²) in [7, 11) is 2.19. The van der Waals surface area contributed by atoms with Gasteiger partial charge in [-0.3, -0.25) is 0 Å². The Hall–Kier alpha value is -0.520. The van der Waals surface area contributed by atoms with Crippen LogP contribution in [-0.4, -0.2) is 37.6 Å². The molecule has 0 aromatic carbocycles. The molecule has 0 spiro atoms. The molecule has 1 N–H and O–H groups in total. The number of rotatable bonds is 3. The molecule has 1 aliphatic rings. The van der Waals surface area contributed by atoms with Gasteiger partial charge in [0.05, 0.1) is 6.04 Å². The topological polar surface area (TPSA) is 15.3 Å². The first-order valence-electron chi connectivity index (χ1n) is 5.10. The van der Waals surface area contributed by atoms with Crippen molar-refractivity contribution in [1.82, 2.24) is 10.2 Å². The number of piperidine rings is 1.